The van der Waals surface area contributed by atoms with Crippen LogP contribution in [0.3, 0.4) is 0 Å². The molecule has 0 amide bonds. The Morgan fingerprint density at radius 1 is 1.25 bits per heavy atom. The molecule has 2 unspecified atom stereocenters. The van der Waals surface area contributed by atoms with E-state index < -0.39 is 0 Å². The summed E-state index contributed by atoms with van der Waals surface area (Å²) in [5, 5.41) is 10.2. The number of rotatable bonds is 5. The van der Waals surface area contributed by atoms with Crippen molar-refractivity contribution in [2.24, 2.45) is 11.8 Å². The zero-order valence-corrected chi connectivity index (χ0v) is 10.3. The van der Waals surface area contributed by atoms with Crippen molar-refractivity contribution in [2.45, 2.75) is 45.6 Å². The van der Waals surface area contributed by atoms with Crippen LogP contribution in [0.4, 0.5) is 0 Å². The summed E-state index contributed by atoms with van der Waals surface area (Å²) in [5.41, 5.74) is 2.46. The molecule has 0 aromatic heterocycles. The van der Waals surface area contributed by atoms with E-state index in [4.69, 9.17) is 0 Å². The molecule has 0 aliphatic heterocycles. The van der Waals surface area contributed by atoms with Crippen molar-refractivity contribution in [3.05, 3.63) is 35.4 Å². The number of hydrogen-bond donors (Lipinski definition) is 1. The molecule has 16 heavy (non-hydrogen) atoms. The molecular weight excluding hydrogens is 196 g/mol. The van der Waals surface area contributed by atoms with Crippen LogP contribution in [0.1, 0.15) is 50.3 Å². The van der Waals surface area contributed by atoms with Gasteiger partial charge in [0.25, 0.3) is 0 Å². The molecule has 1 aromatic rings. The third-order valence-electron chi connectivity index (χ3n) is 3.72. The van der Waals surface area contributed by atoms with E-state index >= 15 is 0 Å². The topological polar surface area (TPSA) is 20.2 Å². The number of hydrogen-bond acceptors (Lipinski definition) is 1. The molecule has 0 radical (unpaired) electrons. The van der Waals surface area contributed by atoms with Gasteiger partial charge in [-0.05, 0) is 42.2 Å². The van der Waals surface area contributed by atoms with Crippen LogP contribution in [0.25, 0.3) is 0 Å². The molecular formula is C15H22O. The van der Waals surface area contributed by atoms with Gasteiger partial charge in [0, 0.05) is 0 Å². The molecule has 1 aliphatic carbocycles. The normalized spacial score (nSPS) is 19.4. The average molecular weight is 218 g/mol. The first kappa shape index (κ1) is 11.7. The maximum atomic E-state index is 10.2. The van der Waals surface area contributed by atoms with Gasteiger partial charge in [0.2, 0.25) is 0 Å². The van der Waals surface area contributed by atoms with E-state index in [-0.39, 0.29) is 6.10 Å². The molecule has 88 valence electrons. The highest BCUT2D eigenvalue weighted by molar-refractivity contribution is 5.24. The van der Waals surface area contributed by atoms with E-state index in [1.165, 1.54) is 24.8 Å². The summed E-state index contributed by atoms with van der Waals surface area (Å²) in [6.07, 6.45) is 4.64. The van der Waals surface area contributed by atoms with Crippen molar-refractivity contribution in [2.75, 3.05) is 0 Å². The van der Waals surface area contributed by atoms with Crippen LogP contribution in [-0.4, -0.2) is 5.11 Å². The van der Waals surface area contributed by atoms with Crippen LogP contribution < -0.4 is 0 Å². The van der Waals surface area contributed by atoms with Gasteiger partial charge in [-0.1, -0.05) is 44.5 Å². The van der Waals surface area contributed by atoms with Crippen LogP contribution in [0, 0.1) is 11.8 Å². The summed E-state index contributed by atoms with van der Waals surface area (Å²) < 4.78 is 0. The number of aryl methyl sites for hydroxylation is 1. The second-order valence-electron chi connectivity index (χ2n) is 5.13. The zero-order chi connectivity index (χ0) is 11.5. The lowest BCUT2D eigenvalue weighted by Gasteiger charge is -2.18. The highest BCUT2D eigenvalue weighted by Gasteiger charge is 2.32. The van der Waals surface area contributed by atoms with E-state index in [2.05, 4.69) is 38.1 Å². The van der Waals surface area contributed by atoms with E-state index in [1.807, 2.05) is 0 Å². The summed E-state index contributed by atoms with van der Waals surface area (Å²) in [4.78, 5) is 0. The standard InChI is InChI=1S/C15H22O/c1-3-4-12-5-7-14(8-6-12)15(16)11(2)13-9-10-13/h5-8,11,13,15-16H,3-4,9-10H2,1-2H3. The predicted octanol–water partition coefficient (Wildman–Crippen LogP) is 3.72. The molecule has 1 fully saturated rings. The number of aliphatic hydroxyl groups is 1. The Kier molecular flexibility index (Phi) is 3.65. The zero-order valence-electron chi connectivity index (χ0n) is 10.3. The van der Waals surface area contributed by atoms with E-state index in [9.17, 15) is 5.11 Å². The highest BCUT2D eigenvalue weighted by atomic mass is 16.3. The monoisotopic (exact) mass is 218 g/mol. The minimum Gasteiger partial charge on any atom is -0.388 e. The summed E-state index contributed by atoms with van der Waals surface area (Å²) in [5.74, 6) is 1.17. The fraction of sp³-hybridized carbons (Fsp3) is 0.600. The molecule has 1 aromatic carbocycles. The van der Waals surface area contributed by atoms with Gasteiger partial charge in [-0.15, -0.1) is 0 Å². The van der Waals surface area contributed by atoms with Gasteiger partial charge in [-0.25, -0.2) is 0 Å². The van der Waals surface area contributed by atoms with Gasteiger partial charge in [-0.2, -0.15) is 0 Å². The van der Waals surface area contributed by atoms with Gasteiger partial charge in [0.1, 0.15) is 0 Å². The van der Waals surface area contributed by atoms with E-state index in [0.29, 0.717) is 5.92 Å². The maximum absolute atomic E-state index is 10.2. The molecule has 0 spiro atoms. The average Bonchev–Trinajstić information content (AvgIpc) is 3.12. The Morgan fingerprint density at radius 2 is 1.88 bits per heavy atom. The third-order valence-corrected chi connectivity index (χ3v) is 3.72. The first-order chi connectivity index (χ1) is 7.72. The summed E-state index contributed by atoms with van der Waals surface area (Å²) in [6.45, 7) is 4.36. The molecule has 1 N–H and O–H groups in total. The van der Waals surface area contributed by atoms with Gasteiger partial charge in [0.15, 0.2) is 0 Å². The van der Waals surface area contributed by atoms with Gasteiger partial charge >= 0.3 is 0 Å². The molecule has 1 aliphatic rings. The van der Waals surface area contributed by atoms with Crippen molar-refractivity contribution in [3.8, 4) is 0 Å². The first-order valence-electron chi connectivity index (χ1n) is 6.49. The molecule has 0 saturated heterocycles. The third kappa shape index (κ3) is 2.65. The Morgan fingerprint density at radius 3 is 2.38 bits per heavy atom. The smallest absolute Gasteiger partial charge is 0.0818 e. The van der Waals surface area contributed by atoms with Gasteiger partial charge in [-0.3, -0.25) is 0 Å². The van der Waals surface area contributed by atoms with Crippen LogP contribution in [-0.2, 0) is 6.42 Å². The van der Waals surface area contributed by atoms with Crippen LogP contribution in [0.2, 0.25) is 0 Å². The molecule has 1 nitrogen and oxygen atoms in total. The second-order valence-corrected chi connectivity index (χ2v) is 5.13. The Labute approximate surface area is 98.5 Å². The fourth-order valence-electron chi connectivity index (χ4n) is 2.35. The molecule has 2 atom stereocenters. The SMILES string of the molecule is CCCc1ccc(C(O)C(C)C2CC2)cc1. The van der Waals surface area contributed by atoms with Crippen molar-refractivity contribution in [1.82, 2.24) is 0 Å². The van der Waals surface area contributed by atoms with Crippen molar-refractivity contribution >= 4 is 0 Å². The van der Waals surface area contributed by atoms with Gasteiger partial charge < -0.3 is 5.11 Å². The number of benzene rings is 1. The minimum absolute atomic E-state index is 0.275. The Balaban J connectivity index is 2.02. The molecule has 1 heteroatoms. The fourth-order valence-corrected chi connectivity index (χ4v) is 2.35. The van der Waals surface area contributed by atoms with Crippen LogP contribution >= 0.6 is 0 Å². The van der Waals surface area contributed by atoms with E-state index in [1.54, 1.807) is 0 Å². The Bertz CT molecular complexity index is 324. The van der Waals surface area contributed by atoms with E-state index in [0.717, 1.165) is 17.9 Å². The van der Waals surface area contributed by atoms with Crippen LogP contribution in [0.15, 0.2) is 24.3 Å². The van der Waals surface area contributed by atoms with Crippen molar-refractivity contribution in [3.63, 3.8) is 0 Å². The molecule has 0 heterocycles. The largest absolute Gasteiger partial charge is 0.388 e. The maximum Gasteiger partial charge on any atom is 0.0818 e. The van der Waals surface area contributed by atoms with Crippen molar-refractivity contribution < 1.29 is 5.11 Å². The van der Waals surface area contributed by atoms with Gasteiger partial charge in [0.05, 0.1) is 6.10 Å². The van der Waals surface area contributed by atoms with Crippen molar-refractivity contribution in [1.29, 1.82) is 0 Å². The molecule has 0 bridgehead atoms. The molecule has 1 saturated carbocycles. The minimum atomic E-state index is -0.275. The summed E-state index contributed by atoms with van der Waals surface area (Å²) >= 11 is 0. The summed E-state index contributed by atoms with van der Waals surface area (Å²) in [6, 6.07) is 8.49. The molecule has 2 rings (SSSR count). The lowest BCUT2D eigenvalue weighted by Crippen LogP contribution is -2.11. The highest BCUT2D eigenvalue weighted by Crippen LogP contribution is 2.42. The lowest BCUT2D eigenvalue weighted by atomic mass is 9.92. The Hall–Kier alpha value is -0.820. The summed E-state index contributed by atoms with van der Waals surface area (Å²) in [7, 11) is 0. The quantitative estimate of drug-likeness (QED) is 0.798. The lowest BCUT2D eigenvalue weighted by molar-refractivity contribution is 0.106. The predicted molar refractivity (Wildman–Crippen MR) is 67.3 cm³/mol. The second kappa shape index (κ2) is 5.01. The van der Waals surface area contributed by atoms with Crippen LogP contribution in [0.5, 0.6) is 0 Å². The first-order valence-corrected chi connectivity index (χ1v) is 6.49. The number of aliphatic hydroxyl groups excluding tert-OH is 1.